The van der Waals surface area contributed by atoms with Crippen LogP contribution in [0.25, 0.3) is 0 Å². The van der Waals surface area contributed by atoms with Crippen LogP contribution in [0.5, 0.6) is 0 Å². The molecule has 0 radical (unpaired) electrons. The van der Waals surface area contributed by atoms with Gasteiger partial charge in [0.2, 0.25) is 0 Å². The molecule has 2 N–H and O–H groups in total. The van der Waals surface area contributed by atoms with Crippen LogP contribution in [0.1, 0.15) is 31.7 Å². The summed E-state index contributed by atoms with van der Waals surface area (Å²) in [6.45, 7) is 2.14. The van der Waals surface area contributed by atoms with Gasteiger partial charge in [0.1, 0.15) is 0 Å². The lowest BCUT2D eigenvalue weighted by Crippen LogP contribution is -2.02. The Balaban J connectivity index is 2.52. The summed E-state index contributed by atoms with van der Waals surface area (Å²) >= 11 is 6.01. The molecule has 90 valence electrons. The number of rotatable bonds is 6. The van der Waals surface area contributed by atoms with Crippen LogP contribution < -0.4 is 5.73 Å². The van der Waals surface area contributed by atoms with Gasteiger partial charge in [-0.05, 0) is 30.2 Å². The standard InChI is InChI=1S/C12H18ClNOS/c1-2-3-4-7-16(15)9-10-8-11(14)5-6-12(10)13/h5-6,8H,2-4,7,9,14H2,1H3. The number of halogens is 1. The van der Waals surface area contributed by atoms with Crippen LogP contribution in [0.3, 0.4) is 0 Å². The number of nitrogen functional groups attached to an aromatic ring is 1. The second kappa shape index (κ2) is 6.92. The molecule has 0 heterocycles. The lowest BCUT2D eigenvalue weighted by atomic mass is 10.2. The van der Waals surface area contributed by atoms with Gasteiger partial charge in [-0.3, -0.25) is 4.21 Å². The van der Waals surface area contributed by atoms with Gasteiger partial charge in [-0.15, -0.1) is 0 Å². The first kappa shape index (κ1) is 13.5. The second-order valence-electron chi connectivity index (χ2n) is 3.85. The Bertz CT molecular complexity index is 368. The van der Waals surface area contributed by atoms with Gasteiger partial charge in [-0.1, -0.05) is 31.4 Å². The Morgan fingerprint density at radius 1 is 1.38 bits per heavy atom. The van der Waals surface area contributed by atoms with Gasteiger partial charge >= 0.3 is 0 Å². The van der Waals surface area contributed by atoms with Gasteiger partial charge in [-0.2, -0.15) is 0 Å². The first-order valence-corrected chi connectivity index (χ1v) is 7.39. The van der Waals surface area contributed by atoms with Crippen molar-refractivity contribution in [2.45, 2.75) is 31.9 Å². The second-order valence-corrected chi connectivity index (χ2v) is 5.83. The van der Waals surface area contributed by atoms with E-state index >= 15 is 0 Å². The zero-order valence-electron chi connectivity index (χ0n) is 9.54. The van der Waals surface area contributed by atoms with E-state index in [0.29, 0.717) is 16.5 Å². The summed E-state index contributed by atoms with van der Waals surface area (Å²) in [6, 6.07) is 5.32. The van der Waals surface area contributed by atoms with Crippen LogP contribution in [-0.4, -0.2) is 9.96 Å². The van der Waals surface area contributed by atoms with Crippen LogP contribution in [0.4, 0.5) is 5.69 Å². The largest absolute Gasteiger partial charge is 0.399 e. The Labute approximate surface area is 105 Å². The van der Waals surface area contributed by atoms with E-state index in [4.69, 9.17) is 17.3 Å². The highest BCUT2D eigenvalue weighted by atomic mass is 35.5. The highest BCUT2D eigenvalue weighted by Crippen LogP contribution is 2.20. The Kier molecular flexibility index (Phi) is 5.85. The summed E-state index contributed by atoms with van der Waals surface area (Å²) in [7, 11) is -0.831. The minimum Gasteiger partial charge on any atom is -0.399 e. The topological polar surface area (TPSA) is 43.1 Å². The molecule has 0 aliphatic rings. The molecule has 2 nitrogen and oxygen atoms in total. The zero-order valence-corrected chi connectivity index (χ0v) is 11.1. The van der Waals surface area contributed by atoms with E-state index in [1.165, 1.54) is 0 Å². The van der Waals surface area contributed by atoms with Crippen LogP contribution in [0.15, 0.2) is 18.2 Å². The van der Waals surface area contributed by atoms with Gasteiger partial charge in [0.05, 0.1) is 5.75 Å². The monoisotopic (exact) mass is 259 g/mol. The quantitative estimate of drug-likeness (QED) is 0.629. The normalized spacial score (nSPS) is 12.6. The Morgan fingerprint density at radius 3 is 2.81 bits per heavy atom. The molecule has 0 amide bonds. The van der Waals surface area contributed by atoms with Crippen LogP contribution in [0.2, 0.25) is 5.02 Å². The number of unbranched alkanes of at least 4 members (excludes halogenated alkanes) is 2. The summed E-state index contributed by atoms with van der Waals surface area (Å²) in [5.41, 5.74) is 7.22. The number of nitrogens with two attached hydrogens (primary N) is 1. The zero-order chi connectivity index (χ0) is 12.0. The fraction of sp³-hybridized carbons (Fsp3) is 0.500. The molecule has 0 aliphatic heterocycles. The average Bonchev–Trinajstić information content (AvgIpc) is 2.24. The van der Waals surface area contributed by atoms with Crippen molar-refractivity contribution in [1.82, 2.24) is 0 Å². The lowest BCUT2D eigenvalue weighted by Gasteiger charge is -2.05. The van der Waals surface area contributed by atoms with E-state index < -0.39 is 10.8 Å². The molecule has 0 saturated heterocycles. The van der Waals surface area contributed by atoms with Crippen molar-refractivity contribution < 1.29 is 4.21 Å². The molecular formula is C12H18ClNOS. The number of hydrogen-bond acceptors (Lipinski definition) is 2. The SMILES string of the molecule is CCCCCS(=O)Cc1cc(N)ccc1Cl. The third-order valence-corrected chi connectivity index (χ3v) is 4.11. The first-order chi connectivity index (χ1) is 7.63. The van der Waals surface area contributed by atoms with Gasteiger partial charge < -0.3 is 5.73 Å². The molecule has 0 saturated carbocycles. The molecule has 0 bridgehead atoms. The number of benzene rings is 1. The van der Waals surface area contributed by atoms with Crippen molar-refractivity contribution in [3.8, 4) is 0 Å². The maximum absolute atomic E-state index is 11.8. The van der Waals surface area contributed by atoms with Gasteiger partial charge in [0, 0.05) is 27.3 Å². The Morgan fingerprint density at radius 2 is 2.12 bits per heavy atom. The summed E-state index contributed by atoms with van der Waals surface area (Å²) in [5.74, 6) is 1.26. The highest BCUT2D eigenvalue weighted by molar-refractivity contribution is 7.84. The smallest absolute Gasteiger partial charge is 0.0501 e. The van der Waals surface area contributed by atoms with Crippen LogP contribution in [-0.2, 0) is 16.6 Å². The molecule has 16 heavy (non-hydrogen) atoms. The average molecular weight is 260 g/mol. The van der Waals surface area contributed by atoms with Gasteiger partial charge in [0.25, 0.3) is 0 Å². The van der Waals surface area contributed by atoms with Crippen molar-refractivity contribution >= 4 is 28.1 Å². The fourth-order valence-electron chi connectivity index (χ4n) is 1.46. The summed E-state index contributed by atoms with van der Waals surface area (Å²) in [6.07, 6.45) is 3.30. The summed E-state index contributed by atoms with van der Waals surface area (Å²) in [4.78, 5) is 0. The molecular weight excluding hydrogens is 242 g/mol. The summed E-state index contributed by atoms with van der Waals surface area (Å²) < 4.78 is 11.8. The molecule has 0 fully saturated rings. The van der Waals surface area contributed by atoms with E-state index in [1.54, 1.807) is 18.2 Å². The molecule has 1 aromatic rings. The predicted octanol–water partition coefficient (Wildman–Crippen LogP) is 3.36. The van der Waals surface area contributed by atoms with Crippen LogP contribution >= 0.6 is 11.6 Å². The minimum absolute atomic E-state index is 0.508. The van der Waals surface area contributed by atoms with E-state index in [1.807, 2.05) is 0 Å². The third kappa shape index (κ3) is 4.54. The van der Waals surface area contributed by atoms with E-state index in [0.717, 1.165) is 30.6 Å². The fourth-order valence-corrected chi connectivity index (χ4v) is 2.98. The minimum atomic E-state index is -0.831. The van der Waals surface area contributed by atoms with Crippen molar-refractivity contribution in [3.05, 3.63) is 28.8 Å². The third-order valence-electron chi connectivity index (χ3n) is 2.36. The van der Waals surface area contributed by atoms with Crippen LogP contribution in [0, 0.1) is 0 Å². The van der Waals surface area contributed by atoms with Crippen molar-refractivity contribution in [1.29, 1.82) is 0 Å². The Hall–Kier alpha value is -0.540. The van der Waals surface area contributed by atoms with Crippen molar-refractivity contribution in [2.75, 3.05) is 11.5 Å². The van der Waals surface area contributed by atoms with Gasteiger partial charge in [-0.25, -0.2) is 0 Å². The van der Waals surface area contributed by atoms with Gasteiger partial charge in [0.15, 0.2) is 0 Å². The number of anilines is 1. The molecule has 4 heteroatoms. The lowest BCUT2D eigenvalue weighted by molar-refractivity contribution is 0.676. The first-order valence-electron chi connectivity index (χ1n) is 5.52. The molecule has 1 unspecified atom stereocenters. The maximum Gasteiger partial charge on any atom is 0.0501 e. The molecule has 1 rings (SSSR count). The molecule has 0 spiro atoms. The number of hydrogen-bond donors (Lipinski definition) is 1. The van der Waals surface area contributed by atoms with Crippen molar-refractivity contribution in [2.24, 2.45) is 0 Å². The summed E-state index contributed by atoms with van der Waals surface area (Å²) in [5, 5.41) is 0.651. The highest BCUT2D eigenvalue weighted by Gasteiger charge is 2.06. The van der Waals surface area contributed by atoms with Crippen molar-refractivity contribution in [3.63, 3.8) is 0 Å². The molecule has 1 aromatic carbocycles. The van der Waals surface area contributed by atoms with E-state index in [9.17, 15) is 4.21 Å². The van der Waals surface area contributed by atoms with E-state index in [2.05, 4.69) is 6.92 Å². The maximum atomic E-state index is 11.8. The molecule has 1 atom stereocenters. The molecule has 0 aliphatic carbocycles. The predicted molar refractivity (Wildman–Crippen MR) is 72.1 cm³/mol. The molecule has 0 aromatic heterocycles. The van der Waals surface area contributed by atoms with E-state index in [-0.39, 0.29) is 0 Å².